The molecule has 1 saturated heterocycles. The number of carbonyl (C=O) groups is 3. The predicted octanol–water partition coefficient (Wildman–Crippen LogP) is 0.214. The molecule has 18 heteroatoms. The van der Waals surface area contributed by atoms with E-state index in [-0.39, 0.29) is 28.5 Å². The second-order valence-corrected chi connectivity index (χ2v) is 11.5. The Morgan fingerprint density at radius 3 is 2.71 bits per heavy atom. The Hall–Kier alpha value is -2.96. The van der Waals surface area contributed by atoms with Crippen LogP contribution in [-0.2, 0) is 19.2 Å². The van der Waals surface area contributed by atoms with E-state index in [1.807, 2.05) is 0 Å². The van der Waals surface area contributed by atoms with Gasteiger partial charge in [-0.05, 0) is 19.4 Å². The van der Waals surface area contributed by atoms with Gasteiger partial charge in [-0.15, -0.1) is 22.0 Å². The molecule has 0 aliphatic carbocycles. The van der Waals surface area contributed by atoms with E-state index < -0.39 is 29.2 Å². The van der Waals surface area contributed by atoms with Crippen LogP contribution in [0.5, 0.6) is 0 Å². The number of hydrogen-bond acceptors (Lipinski definition) is 15. The number of β-lactam (4-membered cyclic amide) rings is 1. The maximum absolute atomic E-state index is 13.0. The number of nitrogens with two attached hydrogens (primary N) is 2. The van der Waals surface area contributed by atoms with Crippen molar-refractivity contribution in [3.63, 3.8) is 0 Å². The van der Waals surface area contributed by atoms with Gasteiger partial charge in [-0.3, -0.25) is 14.5 Å². The van der Waals surface area contributed by atoms with Crippen LogP contribution in [0.3, 0.4) is 0 Å². The van der Waals surface area contributed by atoms with Gasteiger partial charge in [0.2, 0.25) is 16.7 Å². The number of carboxylic acids is 1. The van der Waals surface area contributed by atoms with Gasteiger partial charge in [0.05, 0.1) is 0 Å². The van der Waals surface area contributed by atoms with Gasteiger partial charge in [-0.2, -0.15) is 9.36 Å². The molecule has 6 N–H and O–H groups in total. The van der Waals surface area contributed by atoms with Crippen molar-refractivity contribution >= 4 is 80.2 Å². The number of aliphatic carboxylic acids is 1. The maximum atomic E-state index is 13.0. The molecule has 2 aliphatic heterocycles. The number of nitrogens with one attached hydrogen (secondary N) is 1. The highest BCUT2D eigenvalue weighted by Crippen LogP contribution is 2.41. The van der Waals surface area contributed by atoms with Crippen LogP contribution < -0.4 is 16.8 Å². The number of nitrogen functional groups attached to an aromatic ring is 2. The van der Waals surface area contributed by atoms with Crippen LogP contribution in [0.2, 0.25) is 0 Å². The molecule has 2 atom stereocenters. The molecule has 0 radical (unpaired) electrons. The molecule has 2 amide bonds. The highest BCUT2D eigenvalue weighted by molar-refractivity contribution is 8.01. The normalized spacial score (nSPS) is 20.0. The molecule has 0 aromatic carbocycles. The lowest BCUT2D eigenvalue weighted by molar-refractivity contribution is -0.150. The first-order valence-electron chi connectivity index (χ1n) is 9.91. The van der Waals surface area contributed by atoms with Gasteiger partial charge in [-0.1, -0.05) is 28.3 Å². The van der Waals surface area contributed by atoms with E-state index in [9.17, 15) is 19.5 Å². The monoisotopic (exact) mass is 557 g/mol. The minimum atomic E-state index is -1.23. The van der Waals surface area contributed by atoms with E-state index in [1.54, 1.807) is 13.8 Å². The zero-order chi connectivity index (χ0) is 25.3. The van der Waals surface area contributed by atoms with Crippen molar-refractivity contribution in [1.29, 1.82) is 0 Å². The smallest absolute Gasteiger partial charge is 0.352 e. The molecule has 0 spiro atoms. The lowest BCUT2D eigenvalue weighted by atomic mass is 10.0. The number of anilines is 2. The quantitative estimate of drug-likeness (QED) is 0.141. The fourth-order valence-electron chi connectivity index (χ4n) is 3.10. The highest BCUT2D eigenvalue weighted by atomic mass is 32.2. The Kier molecular flexibility index (Phi) is 7.43. The average Bonchev–Trinajstić information content (AvgIpc) is 3.42. The summed E-state index contributed by atoms with van der Waals surface area (Å²) in [5.41, 5.74) is 11.4. The molecule has 4 rings (SSSR count). The zero-order valence-electron chi connectivity index (χ0n) is 18.2. The molecule has 0 saturated carbocycles. The van der Waals surface area contributed by atoms with Gasteiger partial charge in [0.1, 0.15) is 23.2 Å². The number of hydrogen-bond donors (Lipinski definition) is 4. The number of carbonyl (C=O) groups excluding carboxylic acids is 2. The number of fused-ring (bicyclic) bond motifs is 1. The Morgan fingerprint density at radius 2 is 2.11 bits per heavy atom. The number of oxime groups is 1. The van der Waals surface area contributed by atoms with Gasteiger partial charge in [0.15, 0.2) is 9.47 Å². The van der Waals surface area contributed by atoms with Crippen molar-refractivity contribution in [2.24, 2.45) is 5.16 Å². The molecule has 35 heavy (non-hydrogen) atoms. The maximum Gasteiger partial charge on any atom is 0.352 e. The summed E-state index contributed by atoms with van der Waals surface area (Å²) in [7, 11) is 0. The van der Waals surface area contributed by atoms with Crippen molar-refractivity contribution < 1.29 is 24.3 Å². The van der Waals surface area contributed by atoms with Gasteiger partial charge in [0, 0.05) is 23.0 Å². The Labute approximate surface area is 214 Å². The number of nitrogens with zero attached hydrogens (tertiary/aromatic N) is 6. The van der Waals surface area contributed by atoms with Crippen LogP contribution in [0.15, 0.2) is 20.8 Å². The summed E-state index contributed by atoms with van der Waals surface area (Å²) in [5, 5.41) is 23.7. The third-order valence-corrected chi connectivity index (χ3v) is 8.41. The van der Waals surface area contributed by atoms with Gasteiger partial charge in [0.25, 0.3) is 11.8 Å². The fraction of sp³-hybridized carbons (Fsp3) is 0.412. The predicted molar refractivity (Wildman–Crippen MR) is 132 cm³/mol. The van der Waals surface area contributed by atoms with Gasteiger partial charge < -0.3 is 26.7 Å². The molecule has 186 valence electrons. The van der Waals surface area contributed by atoms with E-state index in [1.165, 1.54) is 39.8 Å². The van der Waals surface area contributed by atoms with Crippen molar-refractivity contribution in [1.82, 2.24) is 29.8 Å². The molecule has 0 bridgehead atoms. The molecule has 2 aliphatic rings. The van der Waals surface area contributed by atoms with Crippen LogP contribution >= 0.6 is 46.4 Å². The van der Waals surface area contributed by atoms with Crippen molar-refractivity contribution in [2.75, 3.05) is 23.0 Å². The number of aromatic nitrogens is 4. The average molecular weight is 558 g/mol. The van der Waals surface area contributed by atoms with E-state index in [0.717, 1.165) is 11.5 Å². The molecule has 2 aromatic heterocycles. The summed E-state index contributed by atoms with van der Waals surface area (Å²) in [6.45, 7) is 3.45. The molecular weight excluding hydrogens is 539 g/mol. The summed E-state index contributed by atoms with van der Waals surface area (Å²) in [6, 6.07) is -0.959. The summed E-state index contributed by atoms with van der Waals surface area (Å²) in [5.74, 6) is -1.89. The highest BCUT2D eigenvalue weighted by Gasteiger charge is 2.54. The Balaban J connectivity index is 1.49. The molecular formula is C17H19N9O5S4. The lowest BCUT2D eigenvalue weighted by Gasteiger charge is -2.49. The third kappa shape index (κ3) is 5.34. The SMILES string of the molecule is CC(C)ON=C(C(=O)NC1C(=O)N2C(C(=O)O)=C(CSc3nnc(N)s3)CS[C@H]12)c1nsc(N)n1. The Bertz CT molecular complexity index is 1230. The van der Waals surface area contributed by atoms with Crippen molar-refractivity contribution in [3.8, 4) is 0 Å². The number of thioether (sulfide) groups is 2. The van der Waals surface area contributed by atoms with E-state index >= 15 is 0 Å². The molecule has 1 fully saturated rings. The van der Waals surface area contributed by atoms with E-state index in [2.05, 4.69) is 30.0 Å². The topological polar surface area (TPSA) is 212 Å². The van der Waals surface area contributed by atoms with E-state index in [0.29, 0.717) is 26.6 Å². The summed E-state index contributed by atoms with van der Waals surface area (Å²) in [4.78, 5) is 48.3. The molecule has 2 aromatic rings. The van der Waals surface area contributed by atoms with Gasteiger partial charge >= 0.3 is 5.97 Å². The van der Waals surface area contributed by atoms with Crippen LogP contribution in [0, 0.1) is 0 Å². The number of rotatable bonds is 9. The number of carboxylic acid groups (broad SMARTS) is 1. The zero-order valence-corrected chi connectivity index (χ0v) is 21.5. The Morgan fingerprint density at radius 1 is 1.34 bits per heavy atom. The fourth-order valence-corrected chi connectivity index (χ4v) is 6.66. The first-order valence-corrected chi connectivity index (χ1v) is 13.5. The van der Waals surface area contributed by atoms with Crippen LogP contribution in [0.4, 0.5) is 10.3 Å². The second kappa shape index (κ2) is 10.3. The van der Waals surface area contributed by atoms with Gasteiger partial charge in [-0.25, -0.2) is 4.79 Å². The van der Waals surface area contributed by atoms with Crippen LogP contribution in [-0.4, -0.2) is 82.1 Å². The second-order valence-electron chi connectivity index (χ2n) is 7.36. The molecule has 4 heterocycles. The first kappa shape index (κ1) is 25.1. The van der Waals surface area contributed by atoms with Crippen LogP contribution in [0.1, 0.15) is 19.7 Å². The summed E-state index contributed by atoms with van der Waals surface area (Å²) in [6.07, 6.45) is -0.320. The van der Waals surface area contributed by atoms with Crippen LogP contribution in [0.25, 0.3) is 0 Å². The lowest BCUT2D eigenvalue weighted by Crippen LogP contribution is -2.71. The summed E-state index contributed by atoms with van der Waals surface area (Å²) < 4.78 is 4.58. The first-order chi connectivity index (χ1) is 16.7. The minimum absolute atomic E-state index is 0.0340. The molecule has 1 unspecified atom stereocenters. The van der Waals surface area contributed by atoms with E-state index in [4.69, 9.17) is 16.3 Å². The summed E-state index contributed by atoms with van der Waals surface area (Å²) >= 11 is 4.71. The largest absolute Gasteiger partial charge is 0.477 e. The minimum Gasteiger partial charge on any atom is -0.477 e. The standard InChI is InChI=1S/C17H19N9O5S4/c1-5(2)31-24-7(10-21-15(18)35-25-10)11(27)20-8-12(28)26-9(14(29)30)6(3-32-13(8)26)4-33-17-23-22-16(19)34-17/h5,8,13H,3-4H2,1-2H3,(H2,19,22)(H,20,27)(H,29,30)(H2,18,21,25)/t8?,13-/m1/s1. The third-order valence-electron chi connectivity index (χ3n) is 4.55. The van der Waals surface area contributed by atoms with Crippen molar-refractivity contribution in [2.45, 2.75) is 35.7 Å². The molecule has 14 nitrogen and oxygen atoms in total. The number of amides is 2. The van der Waals surface area contributed by atoms with Crippen molar-refractivity contribution in [3.05, 3.63) is 17.1 Å².